The monoisotopic (exact) mass is 240 g/mol. The summed E-state index contributed by atoms with van der Waals surface area (Å²) in [6.07, 6.45) is 2.23. The van der Waals surface area contributed by atoms with Gasteiger partial charge < -0.3 is 0 Å². The predicted octanol–water partition coefficient (Wildman–Crippen LogP) is 2.13. The highest BCUT2D eigenvalue weighted by Gasteiger charge is 2.47. The highest BCUT2D eigenvalue weighted by molar-refractivity contribution is 5.85. The Morgan fingerprint density at radius 2 is 2.11 bits per heavy atom. The third-order valence-electron chi connectivity index (χ3n) is 4.20. The molecule has 1 aromatic carbocycles. The van der Waals surface area contributed by atoms with Crippen LogP contribution in [0.4, 0.5) is 0 Å². The zero-order valence-corrected chi connectivity index (χ0v) is 10.2. The molecule has 1 aromatic rings. The van der Waals surface area contributed by atoms with Crippen molar-refractivity contribution in [3.63, 3.8) is 0 Å². The van der Waals surface area contributed by atoms with E-state index < -0.39 is 0 Å². The quantitative estimate of drug-likeness (QED) is 0.795. The Morgan fingerprint density at radius 1 is 1.33 bits per heavy atom. The maximum Gasteiger partial charge on any atom is 0.150 e. The van der Waals surface area contributed by atoms with Crippen LogP contribution < -0.4 is 0 Å². The number of ketones is 1. The zero-order chi connectivity index (χ0) is 12.5. The minimum absolute atomic E-state index is 0.0198. The van der Waals surface area contributed by atoms with E-state index in [1.807, 2.05) is 18.2 Å². The lowest BCUT2D eigenvalue weighted by Gasteiger charge is -2.34. The molecular formula is C15H16N2O. The summed E-state index contributed by atoms with van der Waals surface area (Å²) in [4.78, 5) is 14.2. The van der Waals surface area contributed by atoms with Gasteiger partial charge in [-0.3, -0.25) is 9.69 Å². The first-order valence-corrected chi connectivity index (χ1v) is 6.51. The lowest BCUT2D eigenvalue weighted by molar-refractivity contribution is -0.126. The number of hydrogen-bond donors (Lipinski definition) is 0. The molecule has 2 heterocycles. The summed E-state index contributed by atoms with van der Waals surface area (Å²) in [5.41, 5.74) is 1.22. The summed E-state index contributed by atoms with van der Waals surface area (Å²) in [6, 6.07) is 12.8. The average molecular weight is 240 g/mol. The largest absolute Gasteiger partial charge is 0.298 e. The van der Waals surface area contributed by atoms with E-state index in [-0.39, 0.29) is 18.0 Å². The van der Waals surface area contributed by atoms with Crippen molar-refractivity contribution < 1.29 is 4.79 Å². The van der Waals surface area contributed by atoms with Gasteiger partial charge in [-0.25, -0.2) is 0 Å². The third kappa shape index (κ3) is 1.83. The molecule has 3 rings (SSSR count). The molecule has 18 heavy (non-hydrogen) atoms. The van der Waals surface area contributed by atoms with Crippen molar-refractivity contribution in [2.24, 2.45) is 5.92 Å². The van der Waals surface area contributed by atoms with Gasteiger partial charge in [0.2, 0.25) is 0 Å². The van der Waals surface area contributed by atoms with Crippen molar-refractivity contribution in [2.75, 3.05) is 0 Å². The summed E-state index contributed by atoms with van der Waals surface area (Å²) < 4.78 is 0. The molecule has 3 nitrogen and oxygen atoms in total. The number of nitrogens with zero attached hydrogens (tertiary/aromatic N) is 2. The molecule has 0 saturated carbocycles. The van der Waals surface area contributed by atoms with Crippen LogP contribution in [-0.2, 0) is 11.3 Å². The number of carbonyl (C=O) groups is 1. The molecule has 0 unspecified atom stereocenters. The molecule has 2 aliphatic rings. The predicted molar refractivity (Wildman–Crippen MR) is 67.5 cm³/mol. The lowest BCUT2D eigenvalue weighted by atomic mass is 9.98. The number of hydrogen-bond acceptors (Lipinski definition) is 3. The molecule has 3 heteroatoms. The number of piperidine rings is 1. The fraction of sp³-hybridized carbons (Fsp3) is 0.467. The number of fused-ring (bicyclic) bond motifs is 2. The number of nitriles is 1. The van der Waals surface area contributed by atoms with Crippen molar-refractivity contribution in [2.45, 2.75) is 37.9 Å². The van der Waals surface area contributed by atoms with Gasteiger partial charge in [0.25, 0.3) is 0 Å². The maximum atomic E-state index is 12.0. The van der Waals surface area contributed by atoms with Crippen molar-refractivity contribution in [3.8, 4) is 6.07 Å². The van der Waals surface area contributed by atoms with Gasteiger partial charge in [-0.15, -0.1) is 0 Å². The molecule has 2 bridgehead atoms. The first kappa shape index (κ1) is 11.4. The van der Waals surface area contributed by atoms with E-state index in [0.717, 1.165) is 19.4 Å². The van der Waals surface area contributed by atoms with Crippen LogP contribution in [0.15, 0.2) is 30.3 Å². The number of benzene rings is 1. The van der Waals surface area contributed by atoms with Gasteiger partial charge in [0.05, 0.1) is 18.0 Å². The average Bonchev–Trinajstić information content (AvgIpc) is 2.65. The molecule has 0 aliphatic carbocycles. The Bertz CT molecular complexity index is 491. The van der Waals surface area contributed by atoms with Gasteiger partial charge >= 0.3 is 0 Å². The van der Waals surface area contributed by atoms with Crippen LogP contribution >= 0.6 is 0 Å². The Morgan fingerprint density at radius 3 is 2.83 bits per heavy atom. The molecule has 3 atom stereocenters. The van der Waals surface area contributed by atoms with E-state index >= 15 is 0 Å². The molecule has 0 N–H and O–H groups in total. The topological polar surface area (TPSA) is 44.1 Å². The second-order valence-electron chi connectivity index (χ2n) is 5.22. The number of rotatable bonds is 2. The highest BCUT2D eigenvalue weighted by atomic mass is 16.1. The molecule has 0 spiro atoms. The fourth-order valence-corrected chi connectivity index (χ4v) is 3.30. The normalized spacial score (nSPS) is 31.3. The molecule has 2 aliphatic heterocycles. The molecular weight excluding hydrogens is 224 g/mol. The van der Waals surface area contributed by atoms with Crippen molar-refractivity contribution in [1.29, 1.82) is 5.26 Å². The summed E-state index contributed by atoms with van der Waals surface area (Å²) in [5.74, 6) is 0.352. The van der Waals surface area contributed by atoms with Gasteiger partial charge in [-0.1, -0.05) is 30.3 Å². The number of Topliss-reactive ketones (excluding diaryl/α,β-unsaturated/α-hetero) is 1. The Labute approximate surface area is 107 Å². The summed E-state index contributed by atoms with van der Waals surface area (Å²) in [7, 11) is 0. The molecule has 2 fully saturated rings. The Balaban J connectivity index is 1.84. The van der Waals surface area contributed by atoms with Crippen LogP contribution in [0.1, 0.15) is 24.8 Å². The Hall–Kier alpha value is -1.66. The highest BCUT2D eigenvalue weighted by Crippen LogP contribution is 2.38. The molecule has 0 radical (unpaired) electrons. The van der Waals surface area contributed by atoms with Crippen molar-refractivity contribution >= 4 is 5.78 Å². The van der Waals surface area contributed by atoms with Crippen LogP contribution in [-0.4, -0.2) is 22.8 Å². The first-order chi connectivity index (χ1) is 8.79. The van der Waals surface area contributed by atoms with E-state index in [4.69, 9.17) is 0 Å². The molecule has 92 valence electrons. The smallest absolute Gasteiger partial charge is 0.150 e. The second kappa shape index (κ2) is 4.55. The first-order valence-electron chi connectivity index (χ1n) is 6.51. The zero-order valence-electron chi connectivity index (χ0n) is 10.2. The van der Waals surface area contributed by atoms with Crippen molar-refractivity contribution in [1.82, 2.24) is 4.90 Å². The number of carbonyl (C=O) groups excluding carboxylic acids is 1. The van der Waals surface area contributed by atoms with Gasteiger partial charge in [0.15, 0.2) is 0 Å². The SMILES string of the molecule is N#C[C@H]1C[C@@H]2C(=O)CC[C@H]1N2Cc1ccccc1. The molecule has 0 aromatic heterocycles. The van der Waals surface area contributed by atoms with Gasteiger partial charge in [-0.2, -0.15) is 5.26 Å². The molecule has 0 amide bonds. The van der Waals surface area contributed by atoms with E-state index in [0.29, 0.717) is 12.2 Å². The van der Waals surface area contributed by atoms with Gasteiger partial charge in [-0.05, 0) is 18.4 Å². The van der Waals surface area contributed by atoms with Gasteiger partial charge in [0.1, 0.15) is 5.78 Å². The second-order valence-corrected chi connectivity index (χ2v) is 5.22. The van der Waals surface area contributed by atoms with Crippen LogP contribution in [0.5, 0.6) is 0 Å². The summed E-state index contributed by atoms with van der Waals surface area (Å²) in [6.45, 7) is 0.792. The minimum Gasteiger partial charge on any atom is -0.298 e. The third-order valence-corrected chi connectivity index (χ3v) is 4.20. The fourth-order valence-electron chi connectivity index (χ4n) is 3.30. The van der Waals surface area contributed by atoms with E-state index in [9.17, 15) is 10.1 Å². The van der Waals surface area contributed by atoms with E-state index in [1.165, 1.54) is 5.56 Å². The van der Waals surface area contributed by atoms with Crippen LogP contribution in [0.3, 0.4) is 0 Å². The van der Waals surface area contributed by atoms with E-state index in [1.54, 1.807) is 0 Å². The maximum absolute atomic E-state index is 12.0. The van der Waals surface area contributed by atoms with Crippen LogP contribution in [0, 0.1) is 17.2 Å². The molecule has 2 saturated heterocycles. The summed E-state index contributed by atoms with van der Waals surface area (Å²) >= 11 is 0. The van der Waals surface area contributed by atoms with Crippen LogP contribution in [0.2, 0.25) is 0 Å². The lowest BCUT2D eigenvalue weighted by Crippen LogP contribution is -2.45. The standard InChI is InChI=1S/C15H16N2O/c16-9-12-8-14-15(18)7-6-13(12)17(14)10-11-4-2-1-3-5-11/h1-5,12-14H,6-8,10H2/t12-,13-,14-/m1/s1. The summed E-state index contributed by atoms with van der Waals surface area (Å²) in [5, 5.41) is 9.20. The van der Waals surface area contributed by atoms with E-state index in [2.05, 4.69) is 23.1 Å². The van der Waals surface area contributed by atoms with Crippen molar-refractivity contribution in [3.05, 3.63) is 35.9 Å². The minimum atomic E-state index is -0.0198. The van der Waals surface area contributed by atoms with Crippen LogP contribution in [0.25, 0.3) is 0 Å². The Kier molecular flexibility index (Phi) is 2.89. The van der Waals surface area contributed by atoms with Gasteiger partial charge in [0, 0.05) is 19.0 Å².